The number of esters is 1. The maximum Gasteiger partial charge on any atom is 0.311 e. The van der Waals surface area contributed by atoms with Crippen LogP contribution in [0.5, 0.6) is 0 Å². The van der Waals surface area contributed by atoms with Crippen LogP contribution in [0.2, 0.25) is 0 Å². The number of carbonyl (C=O) groups is 2. The first-order valence-electron chi connectivity index (χ1n) is 8.24. The number of hydrogen-bond acceptors (Lipinski definition) is 3. The fourth-order valence-electron chi connectivity index (χ4n) is 3.28. The highest BCUT2D eigenvalue weighted by molar-refractivity contribution is 5.98. The molecule has 1 heterocycles. The zero-order valence-corrected chi connectivity index (χ0v) is 13.3. The number of para-hydroxylation sites is 1. The number of carbonyl (C=O) groups excluding carboxylic acids is 2. The summed E-state index contributed by atoms with van der Waals surface area (Å²) in [5.74, 6) is -0.603. The van der Waals surface area contributed by atoms with E-state index in [1.807, 2.05) is 30.3 Å². The average Bonchev–Trinajstić information content (AvgIpc) is 3.00. The molecule has 1 aliphatic carbocycles. The molecule has 23 heavy (non-hydrogen) atoms. The predicted octanol–water partition coefficient (Wildman–Crippen LogP) is 3.02. The zero-order chi connectivity index (χ0) is 16.2. The molecule has 2 aromatic rings. The molecule has 0 spiro atoms. The lowest BCUT2D eigenvalue weighted by molar-refractivity contribution is -0.150. The summed E-state index contributed by atoms with van der Waals surface area (Å²) < 4.78 is 5.15. The molecule has 2 unspecified atom stereocenters. The van der Waals surface area contributed by atoms with Crippen molar-refractivity contribution in [2.24, 2.45) is 5.92 Å². The Balaban J connectivity index is 1.73. The van der Waals surface area contributed by atoms with Crippen LogP contribution in [0, 0.1) is 5.92 Å². The Morgan fingerprint density at radius 2 is 2.04 bits per heavy atom. The third kappa shape index (κ3) is 3.38. The number of aromatic nitrogens is 1. The van der Waals surface area contributed by atoms with Crippen LogP contribution < -0.4 is 5.32 Å². The molecule has 2 N–H and O–H groups in total. The quantitative estimate of drug-likeness (QED) is 0.852. The highest BCUT2D eigenvalue weighted by Gasteiger charge is 2.33. The summed E-state index contributed by atoms with van der Waals surface area (Å²) in [6, 6.07) is 9.46. The molecule has 122 valence electrons. The minimum atomic E-state index is -0.239. The number of H-pyrrole nitrogens is 1. The van der Waals surface area contributed by atoms with E-state index in [-0.39, 0.29) is 23.8 Å². The van der Waals surface area contributed by atoms with E-state index in [2.05, 4.69) is 10.3 Å². The minimum absolute atomic E-state index is 0.151. The van der Waals surface area contributed by atoms with Crippen LogP contribution in [0.1, 0.15) is 43.1 Å². The molecule has 1 aromatic heterocycles. The fraction of sp³-hybridized carbons (Fsp3) is 0.444. The molecule has 5 heteroatoms. The van der Waals surface area contributed by atoms with Crippen molar-refractivity contribution < 1.29 is 14.3 Å². The molecule has 1 aliphatic rings. The molecule has 1 amide bonds. The molecule has 0 bridgehead atoms. The molecule has 1 aromatic carbocycles. The van der Waals surface area contributed by atoms with Crippen LogP contribution in [0.4, 0.5) is 0 Å². The Kier molecular flexibility index (Phi) is 4.65. The third-order valence-electron chi connectivity index (χ3n) is 4.45. The molecular weight excluding hydrogens is 292 g/mol. The van der Waals surface area contributed by atoms with Crippen LogP contribution in [0.25, 0.3) is 10.9 Å². The van der Waals surface area contributed by atoms with Gasteiger partial charge < -0.3 is 15.0 Å². The van der Waals surface area contributed by atoms with E-state index in [0.717, 1.165) is 36.6 Å². The Morgan fingerprint density at radius 3 is 2.83 bits per heavy atom. The van der Waals surface area contributed by atoms with Gasteiger partial charge in [-0.3, -0.25) is 9.59 Å². The second-order valence-corrected chi connectivity index (χ2v) is 5.99. The van der Waals surface area contributed by atoms with Gasteiger partial charge in [0.25, 0.3) is 5.91 Å². The largest absolute Gasteiger partial charge is 0.466 e. The molecule has 1 saturated carbocycles. The van der Waals surface area contributed by atoms with Crippen molar-refractivity contribution in [1.29, 1.82) is 0 Å². The van der Waals surface area contributed by atoms with Gasteiger partial charge >= 0.3 is 5.97 Å². The fourth-order valence-corrected chi connectivity index (χ4v) is 3.28. The normalized spacial score (nSPS) is 21.1. The number of aromatic amines is 1. The van der Waals surface area contributed by atoms with Gasteiger partial charge in [0.05, 0.1) is 12.5 Å². The number of ether oxygens (including phenoxy) is 1. The first-order chi connectivity index (χ1) is 11.2. The van der Waals surface area contributed by atoms with Crippen molar-refractivity contribution >= 4 is 22.8 Å². The standard InChI is InChI=1S/C18H22N2O3/c1-2-23-18(22)13-8-4-6-10-15(13)20-17(21)16-11-12-7-3-5-9-14(12)19-16/h3,5,7,9,11,13,15,19H,2,4,6,8,10H2,1H3,(H,20,21). The molecule has 1 fully saturated rings. The number of benzene rings is 1. The smallest absolute Gasteiger partial charge is 0.311 e. The van der Waals surface area contributed by atoms with E-state index in [4.69, 9.17) is 4.74 Å². The Hall–Kier alpha value is -2.30. The van der Waals surface area contributed by atoms with E-state index < -0.39 is 0 Å². The summed E-state index contributed by atoms with van der Waals surface area (Å²) in [5.41, 5.74) is 1.46. The van der Waals surface area contributed by atoms with Crippen molar-refractivity contribution in [2.45, 2.75) is 38.6 Å². The number of rotatable bonds is 4. The summed E-state index contributed by atoms with van der Waals surface area (Å²) in [5, 5.41) is 4.02. The van der Waals surface area contributed by atoms with Crippen LogP contribution in [0.15, 0.2) is 30.3 Å². The molecule has 3 rings (SSSR count). The zero-order valence-electron chi connectivity index (χ0n) is 13.3. The van der Waals surface area contributed by atoms with Gasteiger partial charge in [0.15, 0.2) is 0 Å². The van der Waals surface area contributed by atoms with Gasteiger partial charge in [-0.1, -0.05) is 31.0 Å². The summed E-state index contributed by atoms with van der Waals surface area (Å²) in [6.07, 6.45) is 3.61. The maximum atomic E-state index is 12.5. The highest BCUT2D eigenvalue weighted by Crippen LogP contribution is 2.26. The van der Waals surface area contributed by atoms with Crippen LogP contribution >= 0.6 is 0 Å². The lowest BCUT2D eigenvalue weighted by Crippen LogP contribution is -2.45. The second-order valence-electron chi connectivity index (χ2n) is 5.99. The Morgan fingerprint density at radius 1 is 1.26 bits per heavy atom. The summed E-state index contributed by atoms with van der Waals surface area (Å²) in [4.78, 5) is 27.7. The number of fused-ring (bicyclic) bond motifs is 1. The van der Waals surface area contributed by atoms with E-state index in [0.29, 0.717) is 12.3 Å². The van der Waals surface area contributed by atoms with Crippen molar-refractivity contribution in [3.63, 3.8) is 0 Å². The van der Waals surface area contributed by atoms with Gasteiger partial charge in [-0.15, -0.1) is 0 Å². The van der Waals surface area contributed by atoms with E-state index >= 15 is 0 Å². The first-order valence-corrected chi connectivity index (χ1v) is 8.24. The Bertz CT molecular complexity index is 674. The lowest BCUT2D eigenvalue weighted by atomic mass is 9.84. The van der Waals surface area contributed by atoms with Gasteiger partial charge in [0, 0.05) is 16.9 Å². The highest BCUT2D eigenvalue weighted by atomic mass is 16.5. The van der Waals surface area contributed by atoms with Crippen molar-refractivity contribution in [1.82, 2.24) is 10.3 Å². The molecular formula is C18H22N2O3. The molecule has 0 aliphatic heterocycles. The van der Waals surface area contributed by atoms with Gasteiger partial charge in [0.2, 0.25) is 0 Å². The average molecular weight is 314 g/mol. The molecule has 0 saturated heterocycles. The van der Waals surface area contributed by atoms with E-state index in [1.54, 1.807) is 6.92 Å². The topological polar surface area (TPSA) is 71.2 Å². The van der Waals surface area contributed by atoms with Gasteiger partial charge in [-0.25, -0.2) is 0 Å². The summed E-state index contributed by atoms with van der Waals surface area (Å²) >= 11 is 0. The van der Waals surface area contributed by atoms with Crippen molar-refractivity contribution in [2.75, 3.05) is 6.61 Å². The van der Waals surface area contributed by atoms with Gasteiger partial charge in [-0.05, 0) is 31.9 Å². The molecule has 5 nitrogen and oxygen atoms in total. The van der Waals surface area contributed by atoms with Gasteiger partial charge in [-0.2, -0.15) is 0 Å². The number of nitrogens with one attached hydrogen (secondary N) is 2. The monoisotopic (exact) mass is 314 g/mol. The van der Waals surface area contributed by atoms with Crippen molar-refractivity contribution in [3.05, 3.63) is 36.0 Å². The van der Waals surface area contributed by atoms with Crippen molar-refractivity contribution in [3.8, 4) is 0 Å². The number of amides is 1. The third-order valence-corrected chi connectivity index (χ3v) is 4.45. The first kappa shape index (κ1) is 15.6. The maximum absolute atomic E-state index is 12.5. The van der Waals surface area contributed by atoms with Crippen LogP contribution in [0.3, 0.4) is 0 Å². The van der Waals surface area contributed by atoms with Crippen LogP contribution in [-0.4, -0.2) is 29.5 Å². The predicted molar refractivity (Wildman–Crippen MR) is 88.1 cm³/mol. The molecule has 2 atom stereocenters. The van der Waals surface area contributed by atoms with E-state index in [1.165, 1.54) is 0 Å². The van der Waals surface area contributed by atoms with Crippen LogP contribution in [-0.2, 0) is 9.53 Å². The van der Waals surface area contributed by atoms with Gasteiger partial charge in [0.1, 0.15) is 5.69 Å². The molecule has 0 radical (unpaired) electrons. The lowest BCUT2D eigenvalue weighted by Gasteiger charge is -2.30. The number of hydrogen-bond donors (Lipinski definition) is 2. The second kappa shape index (κ2) is 6.86. The van der Waals surface area contributed by atoms with E-state index in [9.17, 15) is 9.59 Å². The Labute approximate surface area is 135 Å². The summed E-state index contributed by atoms with van der Waals surface area (Å²) in [6.45, 7) is 2.18. The summed E-state index contributed by atoms with van der Waals surface area (Å²) in [7, 11) is 0. The SMILES string of the molecule is CCOC(=O)C1CCCCC1NC(=O)c1cc2ccccc2[nH]1. The minimum Gasteiger partial charge on any atom is -0.466 e.